The number of rotatable bonds is 6. The molecule has 0 bridgehead atoms. The first-order chi connectivity index (χ1) is 17.9. The number of thiazole rings is 1. The number of nitriles is 1. The van der Waals surface area contributed by atoms with E-state index in [-0.39, 0.29) is 34.8 Å². The van der Waals surface area contributed by atoms with Crippen molar-refractivity contribution in [2.45, 2.75) is 32.0 Å². The van der Waals surface area contributed by atoms with E-state index in [0.29, 0.717) is 29.9 Å². The predicted octanol–water partition coefficient (Wildman–Crippen LogP) is 4.89. The second-order valence-corrected chi connectivity index (χ2v) is 9.02. The molecule has 8 nitrogen and oxygen atoms in total. The number of carbonyl (C=O) groups is 1. The summed E-state index contributed by atoms with van der Waals surface area (Å²) in [6.07, 6.45) is -8.39. The van der Waals surface area contributed by atoms with Crippen molar-refractivity contribution in [3.8, 4) is 6.07 Å². The lowest BCUT2D eigenvalue weighted by atomic mass is 10.0. The fourth-order valence-electron chi connectivity index (χ4n) is 3.76. The maximum atomic E-state index is 13.5. The van der Waals surface area contributed by atoms with Gasteiger partial charge in [0.15, 0.2) is 10.8 Å². The van der Waals surface area contributed by atoms with Gasteiger partial charge in [0.05, 0.1) is 23.9 Å². The zero-order valence-corrected chi connectivity index (χ0v) is 19.9. The molecule has 2 aromatic heterocycles. The Morgan fingerprint density at radius 1 is 1.18 bits per heavy atom. The zero-order chi connectivity index (χ0) is 27.7. The van der Waals surface area contributed by atoms with Crippen LogP contribution < -0.4 is 15.5 Å². The molecule has 4 rings (SSSR count). The van der Waals surface area contributed by atoms with E-state index in [9.17, 15) is 35.5 Å². The Hall–Kier alpha value is -4.00. The highest BCUT2D eigenvalue weighted by molar-refractivity contribution is 7.17. The van der Waals surface area contributed by atoms with Gasteiger partial charge in [-0.25, -0.2) is 19.3 Å². The van der Waals surface area contributed by atoms with Gasteiger partial charge in [-0.2, -0.15) is 31.6 Å². The summed E-state index contributed by atoms with van der Waals surface area (Å²) < 4.78 is 90.9. The van der Waals surface area contributed by atoms with Crippen molar-refractivity contribution >= 4 is 33.9 Å². The molecule has 200 valence electrons. The molecule has 1 amide bonds. The third-order valence-electron chi connectivity index (χ3n) is 5.50. The summed E-state index contributed by atoms with van der Waals surface area (Å²) in [6, 6.07) is 6.66. The van der Waals surface area contributed by atoms with Crippen LogP contribution in [0.3, 0.4) is 0 Å². The Kier molecular flexibility index (Phi) is 7.40. The van der Waals surface area contributed by atoms with Crippen molar-refractivity contribution in [2.75, 3.05) is 23.3 Å². The number of aromatic nitrogens is 3. The molecule has 0 radical (unpaired) electrons. The smallest absolute Gasteiger partial charge is 0.365 e. The van der Waals surface area contributed by atoms with Gasteiger partial charge >= 0.3 is 12.4 Å². The Morgan fingerprint density at radius 2 is 1.95 bits per heavy atom. The van der Waals surface area contributed by atoms with Crippen molar-refractivity contribution < 1.29 is 35.5 Å². The molecule has 3 heterocycles. The average Bonchev–Trinajstić information content (AvgIpc) is 3.31. The molecule has 0 fully saturated rings. The summed E-state index contributed by atoms with van der Waals surface area (Å²) >= 11 is 0.241. The number of nitrogens with zero attached hydrogens (tertiary/aromatic N) is 5. The second-order valence-electron chi connectivity index (χ2n) is 8.02. The first-order valence-corrected chi connectivity index (χ1v) is 11.6. The van der Waals surface area contributed by atoms with E-state index in [1.807, 2.05) is 11.0 Å². The lowest BCUT2D eigenvalue weighted by Crippen LogP contribution is -2.34. The van der Waals surface area contributed by atoms with Gasteiger partial charge in [0.1, 0.15) is 30.2 Å². The van der Waals surface area contributed by atoms with Crippen LogP contribution in [0, 0.1) is 11.3 Å². The van der Waals surface area contributed by atoms with Crippen LogP contribution in [0.5, 0.6) is 0 Å². The number of carbonyl (C=O) groups excluding carboxylic acids is 1. The lowest BCUT2D eigenvalue weighted by molar-refractivity contribution is -0.141. The molecule has 0 unspecified atom stereocenters. The molecule has 0 saturated carbocycles. The number of alkyl halides is 7. The third kappa shape index (κ3) is 5.93. The quantitative estimate of drug-likeness (QED) is 0.414. The van der Waals surface area contributed by atoms with Crippen LogP contribution in [0.4, 0.5) is 47.4 Å². The first-order valence-electron chi connectivity index (χ1n) is 10.8. The van der Waals surface area contributed by atoms with Gasteiger partial charge in [0.2, 0.25) is 0 Å². The number of hydrogen-bond acceptors (Lipinski definition) is 8. The summed E-state index contributed by atoms with van der Waals surface area (Å²) in [6.45, 7) is -1.96. The molecule has 0 saturated heterocycles. The molecule has 0 spiro atoms. The normalized spacial score (nSPS) is 13.6. The van der Waals surface area contributed by atoms with Gasteiger partial charge < -0.3 is 15.5 Å². The van der Waals surface area contributed by atoms with Gasteiger partial charge in [-0.15, -0.1) is 0 Å². The highest BCUT2D eigenvalue weighted by atomic mass is 32.1. The fourth-order valence-corrected chi connectivity index (χ4v) is 4.66. The molecule has 38 heavy (non-hydrogen) atoms. The van der Waals surface area contributed by atoms with Crippen LogP contribution in [0.1, 0.15) is 37.7 Å². The Bertz CT molecular complexity index is 1400. The summed E-state index contributed by atoms with van der Waals surface area (Å²) in [5.41, 5.74) is 0.573. The highest BCUT2D eigenvalue weighted by Gasteiger charge is 2.40. The molecular weight excluding hydrogens is 543 g/mol. The van der Waals surface area contributed by atoms with Gasteiger partial charge in [0.25, 0.3) is 5.91 Å². The summed E-state index contributed by atoms with van der Waals surface area (Å²) in [4.78, 5) is 24.6. The molecule has 1 aliphatic heterocycles. The number of halogens is 7. The minimum absolute atomic E-state index is 0.128. The molecule has 0 atom stereocenters. The molecule has 3 aromatic rings. The summed E-state index contributed by atoms with van der Waals surface area (Å²) in [7, 11) is 0. The number of fused-ring (bicyclic) bond motifs is 1. The molecule has 16 heteroatoms. The van der Waals surface area contributed by atoms with Crippen LogP contribution in [-0.4, -0.2) is 40.1 Å². The van der Waals surface area contributed by atoms with Crippen molar-refractivity contribution in [1.82, 2.24) is 20.3 Å². The van der Waals surface area contributed by atoms with Crippen molar-refractivity contribution in [3.05, 3.63) is 57.5 Å². The van der Waals surface area contributed by atoms with Gasteiger partial charge in [-0.1, -0.05) is 11.3 Å². The fraction of sp³-hybridized carbons (Fsp3) is 0.318. The van der Waals surface area contributed by atoms with Crippen molar-refractivity contribution in [1.29, 1.82) is 5.26 Å². The van der Waals surface area contributed by atoms with Crippen LogP contribution in [0.15, 0.2) is 24.5 Å². The van der Waals surface area contributed by atoms with Crippen LogP contribution in [0.25, 0.3) is 0 Å². The minimum Gasteiger partial charge on any atom is -0.365 e. The average molecular weight is 559 g/mol. The number of hydrogen-bond donors (Lipinski definition) is 2. The topological polar surface area (TPSA) is 107 Å². The maximum Gasteiger partial charge on any atom is 0.435 e. The van der Waals surface area contributed by atoms with Crippen molar-refractivity contribution in [2.24, 2.45) is 0 Å². The lowest BCUT2D eigenvalue weighted by Gasteiger charge is -2.31. The molecular formula is C22H16F7N7OS. The minimum atomic E-state index is -5.09. The zero-order valence-electron chi connectivity index (χ0n) is 19.0. The van der Waals surface area contributed by atoms with Crippen molar-refractivity contribution in [3.63, 3.8) is 0 Å². The standard InChI is InChI=1S/C22H16F7N7OS/c23-6-12-5-13(2-1-11(12)7-30)36-4-3-14-15(8-36)32-10-33-18(14)35-20-34-17(22(27,28)29)16(38-20)19(37)31-9-21(24,25)26/h1-2,5,10H,3-4,6,8-9H2,(H,31,37)(H,32,33,34,35). The second kappa shape index (κ2) is 10.4. The van der Waals surface area contributed by atoms with E-state index >= 15 is 0 Å². The van der Waals surface area contributed by atoms with E-state index in [4.69, 9.17) is 5.26 Å². The Balaban J connectivity index is 1.58. The molecule has 2 N–H and O–H groups in total. The van der Waals surface area contributed by atoms with Crippen LogP contribution in [-0.2, 0) is 25.8 Å². The van der Waals surface area contributed by atoms with E-state index < -0.39 is 47.2 Å². The van der Waals surface area contributed by atoms with Gasteiger partial charge in [0, 0.05) is 23.4 Å². The van der Waals surface area contributed by atoms with Crippen LogP contribution in [0.2, 0.25) is 0 Å². The molecule has 0 aliphatic carbocycles. The monoisotopic (exact) mass is 559 g/mol. The Morgan fingerprint density at radius 3 is 2.61 bits per heavy atom. The highest BCUT2D eigenvalue weighted by Crippen LogP contribution is 2.38. The molecule has 1 aromatic carbocycles. The number of benzene rings is 1. The first kappa shape index (κ1) is 27.0. The van der Waals surface area contributed by atoms with E-state index in [1.165, 1.54) is 17.7 Å². The van der Waals surface area contributed by atoms with E-state index in [0.717, 1.165) is 0 Å². The van der Waals surface area contributed by atoms with Gasteiger partial charge in [-0.3, -0.25) is 4.79 Å². The largest absolute Gasteiger partial charge is 0.435 e. The third-order valence-corrected chi connectivity index (χ3v) is 6.47. The number of amides is 1. The van der Waals surface area contributed by atoms with E-state index in [1.54, 1.807) is 12.1 Å². The van der Waals surface area contributed by atoms with E-state index in [2.05, 4.69) is 20.3 Å². The van der Waals surface area contributed by atoms with Gasteiger partial charge in [-0.05, 0) is 24.6 Å². The summed E-state index contributed by atoms with van der Waals surface area (Å²) in [5, 5.41) is 12.8. The number of nitrogens with one attached hydrogen (secondary N) is 2. The SMILES string of the molecule is N#Cc1ccc(N2CCc3c(ncnc3Nc3nc(C(F)(F)F)c(C(=O)NCC(F)(F)F)s3)C2)cc1CF. The summed E-state index contributed by atoms with van der Waals surface area (Å²) in [5.74, 6) is -1.43. The predicted molar refractivity (Wildman–Crippen MR) is 122 cm³/mol. The maximum absolute atomic E-state index is 13.5. The number of anilines is 3. The Labute approximate surface area is 214 Å². The molecule has 1 aliphatic rings. The van der Waals surface area contributed by atoms with Crippen LogP contribution >= 0.6 is 11.3 Å².